The van der Waals surface area contributed by atoms with E-state index in [0.717, 1.165) is 23.5 Å². The van der Waals surface area contributed by atoms with E-state index in [0.29, 0.717) is 11.3 Å². The SMILES string of the molecule is CC(C)n1c(-c2ccc(-c3ccccc3)cc2Cc2ccccc2)nc2c(N)ncnc21. The highest BCUT2D eigenvalue weighted by molar-refractivity contribution is 5.86. The molecule has 0 amide bonds. The monoisotopic (exact) mass is 419 g/mol. The van der Waals surface area contributed by atoms with E-state index in [-0.39, 0.29) is 6.04 Å². The first-order valence-corrected chi connectivity index (χ1v) is 10.8. The van der Waals surface area contributed by atoms with Gasteiger partial charge in [-0.15, -0.1) is 0 Å². The van der Waals surface area contributed by atoms with Gasteiger partial charge in [0.2, 0.25) is 0 Å². The molecule has 0 aliphatic rings. The third-order valence-electron chi connectivity index (χ3n) is 5.71. The summed E-state index contributed by atoms with van der Waals surface area (Å²) in [5.74, 6) is 1.27. The Labute approximate surface area is 187 Å². The predicted octanol–water partition coefficient (Wildman–Crippen LogP) is 5.91. The molecule has 0 saturated heterocycles. The summed E-state index contributed by atoms with van der Waals surface area (Å²) in [6, 6.07) is 27.8. The summed E-state index contributed by atoms with van der Waals surface area (Å²) in [6.07, 6.45) is 2.31. The van der Waals surface area contributed by atoms with Crippen molar-refractivity contribution in [2.75, 3.05) is 5.73 Å². The molecule has 0 spiro atoms. The number of anilines is 1. The number of nitrogen functional groups attached to an aromatic ring is 1. The van der Waals surface area contributed by atoms with E-state index in [1.165, 1.54) is 28.6 Å². The Kier molecular flexibility index (Phi) is 5.15. The van der Waals surface area contributed by atoms with Crippen LogP contribution in [0.15, 0.2) is 85.2 Å². The van der Waals surface area contributed by atoms with Gasteiger partial charge >= 0.3 is 0 Å². The Morgan fingerprint density at radius 2 is 1.56 bits per heavy atom. The van der Waals surface area contributed by atoms with Crippen molar-refractivity contribution in [3.63, 3.8) is 0 Å². The molecule has 32 heavy (non-hydrogen) atoms. The third kappa shape index (κ3) is 3.62. The summed E-state index contributed by atoms with van der Waals surface area (Å²) in [5, 5.41) is 0. The normalized spacial score (nSPS) is 11.3. The molecule has 2 N–H and O–H groups in total. The average molecular weight is 420 g/mol. The van der Waals surface area contributed by atoms with Crippen LogP contribution >= 0.6 is 0 Å². The first kappa shape index (κ1) is 19.9. The van der Waals surface area contributed by atoms with Crippen molar-refractivity contribution in [3.8, 4) is 22.5 Å². The lowest BCUT2D eigenvalue weighted by Crippen LogP contribution is -2.06. The van der Waals surface area contributed by atoms with Crippen molar-refractivity contribution in [1.29, 1.82) is 0 Å². The van der Waals surface area contributed by atoms with Gasteiger partial charge in [-0.25, -0.2) is 15.0 Å². The Hall–Kier alpha value is -3.99. The molecule has 5 aromatic rings. The molecule has 158 valence electrons. The van der Waals surface area contributed by atoms with E-state index < -0.39 is 0 Å². The van der Waals surface area contributed by atoms with Crippen LogP contribution in [0.4, 0.5) is 5.82 Å². The molecule has 0 saturated carbocycles. The van der Waals surface area contributed by atoms with Gasteiger partial charge in [0.25, 0.3) is 0 Å². The van der Waals surface area contributed by atoms with Crippen molar-refractivity contribution in [2.45, 2.75) is 26.3 Å². The zero-order valence-electron chi connectivity index (χ0n) is 18.2. The molecule has 2 aromatic heterocycles. The Bertz CT molecular complexity index is 1370. The van der Waals surface area contributed by atoms with Gasteiger partial charge in [0, 0.05) is 11.6 Å². The van der Waals surface area contributed by atoms with Gasteiger partial charge in [-0.05, 0) is 42.5 Å². The second-order valence-electron chi connectivity index (χ2n) is 8.23. The minimum absolute atomic E-state index is 0.169. The maximum atomic E-state index is 6.15. The number of fused-ring (bicyclic) bond motifs is 1. The van der Waals surface area contributed by atoms with Gasteiger partial charge in [-0.1, -0.05) is 78.9 Å². The summed E-state index contributed by atoms with van der Waals surface area (Å²) in [4.78, 5) is 13.6. The van der Waals surface area contributed by atoms with Crippen LogP contribution < -0.4 is 5.73 Å². The summed E-state index contributed by atoms with van der Waals surface area (Å²) in [7, 11) is 0. The number of imidazole rings is 1. The third-order valence-corrected chi connectivity index (χ3v) is 5.71. The fourth-order valence-electron chi connectivity index (χ4n) is 4.19. The molecule has 0 fully saturated rings. The Balaban J connectivity index is 1.73. The van der Waals surface area contributed by atoms with Crippen LogP contribution in [0.2, 0.25) is 0 Å². The molecule has 0 aliphatic carbocycles. The maximum Gasteiger partial charge on any atom is 0.166 e. The van der Waals surface area contributed by atoms with Crippen LogP contribution in [0.25, 0.3) is 33.7 Å². The van der Waals surface area contributed by atoms with E-state index in [4.69, 9.17) is 10.7 Å². The van der Waals surface area contributed by atoms with Crippen LogP contribution in [-0.4, -0.2) is 19.5 Å². The molecule has 5 rings (SSSR count). The number of nitrogens with two attached hydrogens (primary N) is 1. The number of benzene rings is 3. The highest BCUT2D eigenvalue weighted by Gasteiger charge is 2.20. The molecule has 2 heterocycles. The molecule has 0 bridgehead atoms. The highest BCUT2D eigenvalue weighted by atomic mass is 15.2. The highest BCUT2D eigenvalue weighted by Crippen LogP contribution is 2.34. The van der Waals surface area contributed by atoms with Crippen LogP contribution in [0.3, 0.4) is 0 Å². The van der Waals surface area contributed by atoms with Gasteiger partial charge in [0.15, 0.2) is 17.0 Å². The molecule has 0 unspecified atom stereocenters. The van der Waals surface area contributed by atoms with Gasteiger partial charge < -0.3 is 10.3 Å². The zero-order valence-corrected chi connectivity index (χ0v) is 18.2. The fourth-order valence-corrected chi connectivity index (χ4v) is 4.19. The number of nitrogens with zero attached hydrogens (tertiary/aromatic N) is 4. The second-order valence-corrected chi connectivity index (χ2v) is 8.23. The topological polar surface area (TPSA) is 69.6 Å². The summed E-state index contributed by atoms with van der Waals surface area (Å²) in [5.41, 5.74) is 13.5. The molecule has 0 aliphatic heterocycles. The maximum absolute atomic E-state index is 6.15. The standard InChI is InChI=1S/C27H25N5/c1-18(2)32-26(31-24-25(28)29-17-30-27(24)32)23-14-13-21(20-11-7-4-8-12-20)16-22(23)15-19-9-5-3-6-10-19/h3-14,16-18H,15H2,1-2H3,(H2,28,29,30). The first-order valence-electron chi connectivity index (χ1n) is 10.8. The number of aromatic nitrogens is 4. The zero-order chi connectivity index (χ0) is 22.1. The van der Waals surface area contributed by atoms with E-state index >= 15 is 0 Å². The predicted molar refractivity (Wildman–Crippen MR) is 130 cm³/mol. The molecule has 5 heteroatoms. The lowest BCUT2D eigenvalue weighted by Gasteiger charge is -2.16. The minimum Gasteiger partial charge on any atom is -0.382 e. The molecule has 5 nitrogen and oxygen atoms in total. The smallest absolute Gasteiger partial charge is 0.166 e. The molecule has 0 radical (unpaired) electrons. The fraction of sp³-hybridized carbons (Fsp3) is 0.148. The van der Waals surface area contributed by atoms with E-state index in [2.05, 4.69) is 95.1 Å². The number of hydrogen-bond acceptors (Lipinski definition) is 4. The number of hydrogen-bond donors (Lipinski definition) is 1. The van der Waals surface area contributed by atoms with E-state index in [9.17, 15) is 0 Å². The molecule has 0 atom stereocenters. The van der Waals surface area contributed by atoms with Gasteiger partial charge in [0.05, 0.1) is 0 Å². The van der Waals surface area contributed by atoms with Crippen molar-refractivity contribution >= 4 is 17.0 Å². The molecular weight excluding hydrogens is 394 g/mol. The van der Waals surface area contributed by atoms with Gasteiger partial charge in [-0.2, -0.15) is 0 Å². The lowest BCUT2D eigenvalue weighted by molar-refractivity contribution is 0.619. The summed E-state index contributed by atoms with van der Waals surface area (Å²) >= 11 is 0. The minimum atomic E-state index is 0.169. The second kappa shape index (κ2) is 8.27. The van der Waals surface area contributed by atoms with Crippen molar-refractivity contribution < 1.29 is 0 Å². The van der Waals surface area contributed by atoms with Crippen LogP contribution in [0, 0.1) is 0 Å². The largest absolute Gasteiger partial charge is 0.382 e. The first-order chi connectivity index (χ1) is 15.6. The Morgan fingerprint density at radius 3 is 2.28 bits per heavy atom. The van der Waals surface area contributed by atoms with Crippen molar-refractivity contribution in [3.05, 3.63) is 96.3 Å². The molecule has 3 aromatic carbocycles. The van der Waals surface area contributed by atoms with Crippen molar-refractivity contribution in [2.24, 2.45) is 0 Å². The molecular formula is C27H25N5. The van der Waals surface area contributed by atoms with Crippen molar-refractivity contribution in [1.82, 2.24) is 19.5 Å². The van der Waals surface area contributed by atoms with E-state index in [1.807, 2.05) is 12.1 Å². The van der Waals surface area contributed by atoms with Gasteiger partial charge in [-0.3, -0.25) is 0 Å². The average Bonchev–Trinajstić information content (AvgIpc) is 3.21. The van der Waals surface area contributed by atoms with E-state index in [1.54, 1.807) is 0 Å². The number of rotatable bonds is 5. The summed E-state index contributed by atoms with van der Waals surface area (Å²) < 4.78 is 2.15. The quantitative estimate of drug-likeness (QED) is 0.384. The van der Waals surface area contributed by atoms with Gasteiger partial charge in [0.1, 0.15) is 12.2 Å². The van der Waals surface area contributed by atoms with Crippen LogP contribution in [-0.2, 0) is 6.42 Å². The Morgan fingerprint density at radius 1 is 0.844 bits per heavy atom. The lowest BCUT2D eigenvalue weighted by atomic mass is 9.94. The van der Waals surface area contributed by atoms with Crippen LogP contribution in [0.1, 0.15) is 31.0 Å². The van der Waals surface area contributed by atoms with Crippen LogP contribution in [0.5, 0.6) is 0 Å². The summed E-state index contributed by atoms with van der Waals surface area (Å²) in [6.45, 7) is 4.27.